The van der Waals surface area contributed by atoms with Crippen LogP contribution in [0.1, 0.15) is 24.2 Å². The van der Waals surface area contributed by atoms with Crippen molar-refractivity contribution in [3.8, 4) is 0 Å². The lowest BCUT2D eigenvalue weighted by atomic mass is 10.2. The molecule has 0 bridgehead atoms. The van der Waals surface area contributed by atoms with E-state index in [2.05, 4.69) is 5.32 Å². The number of carbonyl (C=O) groups excluding carboxylic acids is 1. The number of hydrogen-bond acceptors (Lipinski definition) is 4. The van der Waals surface area contributed by atoms with Gasteiger partial charge in [0, 0.05) is 37.8 Å². The highest BCUT2D eigenvalue weighted by Gasteiger charge is 2.25. The summed E-state index contributed by atoms with van der Waals surface area (Å²) in [5, 5.41) is 3.33. The maximum atomic E-state index is 12.8. The van der Waals surface area contributed by atoms with Crippen LogP contribution >= 0.6 is 23.2 Å². The molecule has 9 heteroatoms. The Balaban J connectivity index is 2.43. The van der Waals surface area contributed by atoms with Crippen molar-refractivity contribution in [1.29, 1.82) is 0 Å². The van der Waals surface area contributed by atoms with Gasteiger partial charge < -0.3 is 10.2 Å². The van der Waals surface area contributed by atoms with Crippen molar-refractivity contribution in [2.24, 2.45) is 0 Å². The number of halogens is 2. The minimum atomic E-state index is -3.80. The second-order valence-corrected chi connectivity index (χ2v) is 8.99. The van der Waals surface area contributed by atoms with Gasteiger partial charge in [-0.1, -0.05) is 37.0 Å². The third-order valence-electron chi connectivity index (χ3n) is 4.21. The zero-order valence-corrected chi connectivity index (χ0v) is 18.5. The van der Waals surface area contributed by atoms with Crippen molar-refractivity contribution in [2.45, 2.75) is 18.7 Å². The molecule has 0 atom stereocenters. The van der Waals surface area contributed by atoms with Crippen molar-refractivity contribution < 1.29 is 13.2 Å². The van der Waals surface area contributed by atoms with Gasteiger partial charge in [0.25, 0.3) is 5.91 Å². The van der Waals surface area contributed by atoms with Crippen LogP contribution < -0.4 is 10.2 Å². The lowest BCUT2D eigenvalue weighted by Crippen LogP contribution is -2.31. The topological polar surface area (TPSA) is 69.7 Å². The van der Waals surface area contributed by atoms with E-state index in [4.69, 9.17) is 23.2 Å². The Morgan fingerprint density at radius 2 is 1.68 bits per heavy atom. The highest BCUT2D eigenvalue weighted by Crippen LogP contribution is 2.30. The van der Waals surface area contributed by atoms with Gasteiger partial charge in [-0.3, -0.25) is 4.79 Å². The first kappa shape index (κ1) is 22.5. The molecule has 0 heterocycles. The second-order valence-electron chi connectivity index (χ2n) is 6.24. The smallest absolute Gasteiger partial charge is 0.255 e. The number of rotatable bonds is 7. The summed E-state index contributed by atoms with van der Waals surface area (Å²) in [4.78, 5) is 14.5. The first-order valence-electron chi connectivity index (χ1n) is 8.69. The summed E-state index contributed by atoms with van der Waals surface area (Å²) in [6.45, 7) is 4.10. The summed E-state index contributed by atoms with van der Waals surface area (Å²) in [5.74, 6) is -0.460. The summed E-state index contributed by atoms with van der Waals surface area (Å²) in [6.07, 6.45) is 0. The molecule has 0 saturated heterocycles. The average Bonchev–Trinajstić information content (AvgIpc) is 2.62. The fraction of sp³-hybridized carbons (Fsp3) is 0.316. The molecular weight excluding hydrogens is 421 g/mol. The molecule has 0 fully saturated rings. The summed E-state index contributed by atoms with van der Waals surface area (Å²) in [6, 6.07) is 9.35. The number of nitrogens with one attached hydrogen (secondary N) is 1. The zero-order valence-electron chi connectivity index (χ0n) is 16.2. The van der Waals surface area contributed by atoms with Gasteiger partial charge >= 0.3 is 0 Å². The number of carbonyl (C=O) groups is 1. The van der Waals surface area contributed by atoms with Crippen LogP contribution in [0.25, 0.3) is 0 Å². The van der Waals surface area contributed by atoms with Gasteiger partial charge in [-0.25, -0.2) is 8.42 Å². The van der Waals surface area contributed by atoms with Gasteiger partial charge in [-0.2, -0.15) is 4.31 Å². The molecule has 2 rings (SSSR count). The largest absolute Gasteiger partial charge is 0.376 e. The Bertz CT molecular complexity index is 974. The van der Waals surface area contributed by atoms with Crippen molar-refractivity contribution in [2.75, 3.05) is 37.4 Å². The third-order valence-corrected chi connectivity index (χ3v) is 6.97. The van der Waals surface area contributed by atoms with Crippen LogP contribution in [0.2, 0.25) is 10.0 Å². The van der Waals surface area contributed by atoms with Gasteiger partial charge in [0.05, 0.1) is 16.4 Å². The number of anilines is 2. The maximum absolute atomic E-state index is 12.8. The molecule has 0 saturated carbocycles. The summed E-state index contributed by atoms with van der Waals surface area (Å²) in [7, 11) is -0.111. The molecule has 0 aliphatic carbocycles. The molecular formula is C19H23Cl2N3O3S. The van der Waals surface area contributed by atoms with E-state index < -0.39 is 15.9 Å². The van der Waals surface area contributed by atoms with E-state index in [1.54, 1.807) is 32.0 Å². The normalized spacial score (nSPS) is 11.5. The lowest BCUT2D eigenvalue weighted by molar-refractivity contribution is 0.102. The van der Waals surface area contributed by atoms with E-state index in [0.29, 0.717) is 23.8 Å². The van der Waals surface area contributed by atoms with Gasteiger partial charge in [-0.15, -0.1) is 0 Å². The van der Waals surface area contributed by atoms with Crippen LogP contribution in [0.4, 0.5) is 11.4 Å². The molecule has 0 radical (unpaired) electrons. The number of nitrogens with zero attached hydrogens (tertiary/aromatic N) is 2. The fourth-order valence-corrected chi connectivity index (χ4v) is 4.87. The first-order valence-corrected chi connectivity index (χ1v) is 10.9. The number of benzene rings is 2. The highest BCUT2D eigenvalue weighted by atomic mass is 35.5. The minimum Gasteiger partial charge on any atom is -0.376 e. The van der Waals surface area contributed by atoms with Crippen LogP contribution in [0.15, 0.2) is 41.3 Å². The first-order chi connectivity index (χ1) is 13.1. The van der Waals surface area contributed by atoms with Gasteiger partial charge in [-0.05, 0) is 36.4 Å². The van der Waals surface area contributed by atoms with Gasteiger partial charge in [0.2, 0.25) is 10.0 Å². The van der Waals surface area contributed by atoms with Crippen molar-refractivity contribution in [3.63, 3.8) is 0 Å². The Morgan fingerprint density at radius 1 is 1.04 bits per heavy atom. The molecule has 2 aromatic rings. The summed E-state index contributed by atoms with van der Waals surface area (Å²) < 4.78 is 26.9. The average molecular weight is 444 g/mol. The molecule has 2 aromatic carbocycles. The van der Waals surface area contributed by atoms with Crippen LogP contribution in [-0.2, 0) is 10.0 Å². The van der Waals surface area contributed by atoms with Crippen LogP contribution in [0.5, 0.6) is 0 Å². The van der Waals surface area contributed by atoms with E-state index in [1.165, 1.54) is 22.5 Å². The number of amides is 1. The van der Waals surface area contributed by atoms with Crippen LogP contribution in [0.3, 0.4) is 0 Å². The lowest BCUT2D eigenvalue weighted by Gasteiger charge is -2.20. The second kappa shape index (κ2) is 9.13. The van der Waals surface area contributed by atoms with E-state index >= 15 is 0 Å². The molecule has 1 N–H and O–H groups in total. The Kier molecular flexibility index (Phi) is 7.33. The number of sulfonamides is 1. The van der Waals surface area contributed by atoms with E-state index in [-0.39, 0.29) is 15.5 Å². The van der Waals surface area contributed by atoms with Crippen LogP contribution in [-0.4, -0.2) is 45.8 Å². The maximum Gasteiger partial charge on any atom is 0.255 e. The fourth-order valence-electron chi connectivity index (χ4n) is 2.74. The highest BCUT2D eigenvalue weighted by molar-refractivity contribution is 7.89. The molecule has 0 aliphatic rings. The quantitative estimate of drug-likeness (QED) is 0.690. The van der Waals surface area contributed by atoms with Crippen molar-refractivity contribution >= 4 is 50.5 Å². The molecule has 6 nitrogen and oxygen atoms in total. The number of hydrogen-bond donors (Lipinski definition) is 1. The van der Waals surface area contributed by atoms with E-state index in [0.717, 1.165) is 5.69 Å². The minimum absolute atomic E-state index is 0.0696. The third kappa shape index (κ3) is 4.78. The van der Waals surface area contributed by atoms with Gasteiger partial charge in [0.1, 0.15) is 4.90 Å². The predicted molar refractivity (Wildman–Crippen MR) is 115 cm³/mol. The molecule has 0 aliphatic heterocycles. The zero-order chi connectivity index (χ0) is 21.1. The van der Waals surface area contributed by atoms with E-state index in [9.17, 15) is 13.2 Å². The Morgan fingerprint density at radius 3 is 2.25 bits per heavy atom. The monoisotopic (exact) mass is 443 g/mol. The summed E-state index contributed by atoms with van der Waals surface area (Å²) >= 11 is 12.2. The molecule has 28 heavy (non-hydrogen) atoms. The van der Waals surface area contributed by atoms with Gasteiger partial charge in [0.15, 0.2) is 0 Å². The molecule has 0 unspecified atom stereocenters. The predicted octanol–water partition coefficient (Wildman–Crippen LogP) is 4.34. The Labute approximate surface area is 176 Å². The van der Waals surface area contributed by atoms with E-state index in [1.807, 2.05) is 19.0 Å². The van der Waals surface area contributed by atoms with Crippen molar-refractivity contribution in [3.05, 3.63) is 52.0 Å². The SMILES string of the molecule is CCN(CC)S(=O)(=O)c1cc(C(=O)Nc2cc(Cl)ccc2N(C)C)ccc1Cl. The summed E-state index contributed by atoms with van der Waals surface area (Å²) in [5.41, 5.74) is 1.47. The van der Waals surface area contributed by atoms with Crippen molar-refractivity contribution in [1.82, 2.24) is 4.31 Å². The van der Waals surface area contributed by atoms with Crippen LogP contribution in [0, 0.1) is 0 Å². The molecule has 0 spiro atoms. The standard InChI is InChI=1S/C19H23Cl2N3O3S/c1-5-24(6-2)28(26,27)18-11-13(7-9-15(18)21)19(25)22-16-12-14(20)8-10-17(16)23(3)4/h7-12H,5-6H2,1-4H3,(H,22,25). The molecule has 0 aromatic heterocycles. The Hall–Kier alpha value is -1.80. The molecule has 1 amide bonds. The molecule has 152 valence electrons.